The van der Waals surface area contributed by atoms with Gasteiger partial charge in [-0.2, -0.15) is 0 Å². The number of sulfonamides is 1. The maximum absolute atomic E-state index is 12.3. The summed E-state index contributed by atoms with van der Waals surface area (Å²) in [6.45, 7) is 3.43. The van der Waals surface area contributed by atoms with Gasteiger partial charge in [-0.1, -0.05) is 30.3 Å². The van der Waals surface area contributed by atoms with Gasteiger partial charge in [0.1, 0.15) is 0 Å². The lowest BCUT2D eigenvalue weighted by Gasteiger charge is -2.14. The maximum atomic E-state index is 12.3. The van der Waals surface area contributed by atoms with E-state index in [-0.39, 0.29) is 4.90 Å². The first kappa shape index (κ1) is 14.6. The number of anilines is 1. The molecule has 2 aromatic rings. The van der Waals surface area contributed by atoms with Crippen molar-refractivity contribution in [1.29, 1.82) is 0 Å². The normalized spacial score (nSPS) is 12.9. The van der Waals surface area contributed by atoms with Gasteiger partial charge in [-0.05, 0) is 37.6 Å². The van der Waals surface area contributed by atoms with Crippen LogP contribution in [0.5, 0.6) is 0 Å². The Bertz CT molecular complexity index is 709. The standard InChI is InChI=1S/C15H17NO3S/c1-11-6-5-7-13(10-11)20(18,19)16-15-9-4-3-8-14(15)12(2)17/h3-10,12,16-17H,1-2H3. The lowest BCUT2D eigenvalue weighted by atomic mass is 10.1. The van der Waals surface area contributed by atoms with Crippen LogP contribution in [0.2, 0.25) is 0 Å². The van der Waals surface area contributed by atoms with Crippen LogP contribution >= 0.6 is 0 Å². The molecule has 1 atom stereocenters. The molecule has 0 spiro atoms. The summed E-state index contributed by atoms with van der Waals surface area (Å²) < 4.78 is 27.2. The summed E-state index contributed by atoms with van der Waals surface area (Å²) in [7, 11) is -3.65. The summed E-state index contributed by atoms with van der Waals surface area (Å²) in [4.78, 5) is 0.206. The Morgan fingerprint density at radius 2 is 1.80 bits per heavy atom. The Labute approximate surface area is 119 Å². The second-order valence-corrected chi connectivity index (χ2v) is 6.37. The largest absolute Gasteiger partial charge is 0.389 e. The van der Waals surface area contributed by atoms with Crippen LogP contribution in [0.15, 0.2) is 53.4 Å². The van der Waals surface area contributed by atoms with Gasteiger partial charge in [0.05, 0.1) is 16.7 Å². The van der Waals surface area contributed by atoms with Crippen molar-refractivity contribution in [1.82, 2.24) is 0 Å². The zero-order valence-corrected chi connectivity index (χ0v) is 12.2. The van der Waals surface area contributed by atoms with E-state index in [0.29, 0.717) is 11.3 Å². The zero-order chi connectivity index (χ0) is 14.8. The van der Waals surface area contributed by atoms with E-state index in [9.17, 15) is 13.5 Å². The highest BCUT2D eigenvalue weighted by atomic mass is 32.2. The van der Waals surface area contributed by atoms with Crippen LogP contribution in [-0.2, 0) is 10.0 Å². The van der Waals surface area contributed by atoms with Gasteiger partial charge in [0, 0.05) is 5.56 Å². The number of aliphatic hydroxyl groups is 1. The van der Waals surface area contributed by atoms with Crippen molar-refractivity contribution >= 4 is 15.7 Å². The quantitative estimate of drug-likeness (QED) is 0.910. The van der Waals surface area contributed by atoms with Gasteiger partial charge >= 0.3 is 0 Å². The number of hydrogen-bond acceptors (Lipinski definition) is 3. The first-order valence-corrected chi connectivity index (χ1v) is 7.75. The van der Waals surface area contributed by atoms with Gasteiger partial charge in [0.2, 0.25) is 0 Å². The number of rotatable bonds is 4. The Hall–Kier alpha value is -1.85. The molecule has 0 bridgehead atoms. The highest BCUT2D eigenvalue weighted by molar-refractivity contribution is 7.92. The minimum Gasteiger partial charge on any atom is -0.389 e. The third-order valence-electron chi connectivity index (χ3n) is 2.96. The van der Waals surface area contributed by atoms with Gasteiger partial charge in [0.15, 0.2) is 0 Å². The predicted octanol–water partition coefficient (Wildman–Crippen LogP) is 2.85. The first-order chi connectivity index (χ1) is 9.40. The van der Waals surface area contributed by atoms with Crippen molar-refractivity contribution in [3.8, 4) is 0 Å². The van der Waals surface area contributed by atoms with Crippen molar-refractivity contribution in [3.63, 3.8) is 0 Å². The fourth-order valence-electron chi connectivity index (χ4n) is 1.94. The van der Waals surface area contributed by atoms with Crippen molar-refractivity contribution in [2.75, 3.05) is 4.72 Å². The second-order valence-electron chi connectivity index (χ2n) is 4.69. The molecule has 20 heavy (non-hydrogen) atoms. The monoisotopic (exact) mass is 291 g/mol. The number of benzene rings is 2. The third kappa shape index (κ3) is 3.18. The van der Waals surface area contributed by atoms with Crippen LogP contribution in [0.4, 0.5) is 5.69 Å². The summed E-state index contributed by atoms with van der Waals surface area (Å²) in [5.74, 6) is 0. The molecule has 0 aliphatic carbocycles. The Balaban J connectivity index is 2.39. The molecule has 0 heterocycles. The molecular weight excluding hydrogens is 274 g/mol. The van der Waals surface area contributed by atoms with E-state index in [1.54, 1.807) is 49.4 Å². The van der Waals surface area contributed by atoms with E-state index < -0.39 is 16.1 Å². The molecule has 2 N–H and O–H groups in total. The van der Waals surface area contributed by atoms with Gasteiger partial charge in [-0.25, -0.2) is 8.42 Å². The molecule has 106 valence electrons. The fourth-order valence-corrected chi connectivity index (χ4v) is 3.13. The molecule has 2 aromatic carbocycles. The number of nitrogens with one attached hydrogen (secondary N) is 1. The number of aliphatic hydroxyl groups excluding tert-OH is 1. The van der Waals surface area contributed by atoms with Gasteiger partial charge in [0.25, 0.3) is 10.0 Å². The van der Waals surface area contributed by atoms with E-state index in [1.807, 2.05) is 13.0 Å². The Morgan fingerprint density at radius 1 is 1.10 bits per heavy atom. The minimum absolute atomic E-state index is 0.206. The highest BCUT2D eigenvalue weighted by Crippen LogP contribution is 2.25. The lowest BCUT2D eigenvalue weighted by Crippen LogP contribution is -2.14. The summed E-state index contributed by atoms with van der Waals surface area (Å²) in [5.41, 5.74) is 1.81. The summed E-state index contributed by atoms with van der Waals surface area (Å²) in [6, 6.07) is 13.5. The van der Waals surface area contributed by atoms with E-state index in [1.165, 1.54) is 0 Å². The molecule has 0 radical (unpaired) electrons. The molecule has 0 aliphatic heterocycles. The average molecular weight is 291 g/mol. The first-order valence-electron chi connectivity index (χ1n) is 6.26. The predicted molar refractivity (Wildman–Crippen MR) is 79.1 cm³/mol. The number of hydrogen-bond donors (Lipinski definition) is 2. The summed E-state index contributed by atoms with van der Waals surface area (Å²) >= 11 is 0. The smallest absolute Gasteiger partial charge is 0.261 e. The van der Waals surface area contributed by atoms with Crippen molar-refractivity contribution in [2.24, 2.45) is 0 Å². The molecule has 0 saturated heterocycles. The topological polar surface area (TPSA) is 66.4 Å². The average Bonchev–Trinajstić information content (AvgIpc) is 2.38. The van der Waals surface area contributed by atoms with Gasteiger partial charge in [-0.15, -0.1) is 0 Å². The molecule has 1 unspecified atom stereocenters. The van der Waals surface area contributed by atoms with Crippen LogP contribution in [-0.4, -0.2) is 13.5 Å². The molecular formula is C15H17NO3S. The van der Waals surface area contributed by atoms with Gasteiger partial charge < -0.3 is 5.11 Å². The minimum atomic E-state index is -3.65. The molecule has 0 saturated carbocycles. The second kappa shape index (κ2) is 5.64. The number of para-hydroxylation sites is 1. The van der Waals surface area contributed by atoms with Crippen molar-refractivity contribution in [3.05, 3.63) is 59.7 Å². The molecule has 0 aromatic heterocycles. The van der Waals surface area contributed by atoms with Crippen LogP contribution < -0.4 is 4.72 Å². The lowest BCUT2D eigenvalue weighted by molar-refractivity contribution is 0.200. The van der Waals surface area contributed by atoms with Crippen LogP contribution in [0.25, 0.3) is 0 Å². The van der Waals surface area contributed by atoms with E-state index in [2.05, 4.69) is 4.72 Å². The van der Waals surface area contributed by atoms with Crippen molar-refractivity contribution < 1.29 is 13.5 Å². The van der Waals surface area contributed by atoms with Crippen molar-refractivity contribution in [2.45, 2.75) is 24.8 Å². The third-order valence-corrected chi connectivity index (χ3v) is 4.32. The highest BCUT2D eigenvalue weighted by Gasteiger charge is 2.17. The Morgan fingerprint density at radius 3 is 2.45 bits per heavy atom. The molecule has 5 heteroatoms. The molecule has 0 fully saturated rings. The summed E-state index contributed by atoms with van der Waals surface area (Å²) in [5, 5.41) is 9.68. The van der Waals surface area contributed by atoms with E-state index >= 15 is 0 Å². The number of aryl methyl sites for hydroxylation is 1. The molecule has 0 aliphatic rings. The molecule has 4 nitrogen and oxygen atoms in total. The summed E-state index contributed by atoms with van der Waals surface area (Å²) in [6.07, 6.45) is -0.744. The SMILES string of the molecule is Cc1cccc(S(=O)(=O)Nc2ccccc2C(C)O)c1. The van der Waals surface area contributed by atoms with E-state index in [4.69, 9.17) is 0 Å². The fraction of sp³-hybridized carbons (Fsp3) is 0.200. The van der Waals surface area contributed by atoms with Crippen LogP contribution in [0, 0.1) is 6.92 Å². The van der Waals surface area contributed by atoms with Crippen LogP contribution in [0.1, 0.15) is 24.2 Å². The molecule has 0 amide bonds. The van der Waals surface area contributed by atoms with Gasteiger partial charge in [-0.3, -0.25) is 4.72 Å². The van der Waals surface area contributed by atoms with E-state index in [0.717, 1.165) is 5.56 Å². The molecule has 2 rings (SSSR count). The maximum Gasteiger partial charge on any atom is 0.261 e. The Kier molecular flexibility index (Phi) is 4.11. The van der Waals surface area contributed by atoms with Crippen LogP contribution in [0.3, 0.4) is 0 Å². The zero-order valence-electron chi connectivity index (χ0n) is 11.4.